The molecule has 0 heterocycles. The van der Waals surface area contributed by atoms with E-state index in [1.165, 1.54) is 19.2 Å². The normalized spacial score (nSPS) is 12.0. The summed E-state index contributed by atoms with van der Waals surface area (Å²) in [5.74, 6) is 0.0738. The first-order valence-corrected chi connectivity index (χ1v) is 5.92. The molecule has 0 amide bonds. The fourth-order valence-corrected chi connectivity index (χ4v) is 1.49. The van der Waals surface area contributed by atoms with Crippen LogP contribution in [0.25, 0.3) is 0 Å². The second-order valence-corrected chi connectivity index (χ2v) is 4.15. The van der Waals surface area contributed by atoms with E-state index in [4.69, 9.17) is 9.79 Å². The Kier molecular flexibility index (Phi) is 4.43. The maximum atomic E-state index is 10.6. The average Bonchev–Trinajstić information content (AvgIpc) is 2.14. The summed E-state index contributed by atoms with van der Waals surface area (Å²) in [6, 6.07) is 6.27. The lowest BCUT2D eigenvalue weighted by Gasteiger charge is -2.20. The second kappa shape index (κ2) is 5.40. The van der Waals surface area contributed by atoms with Crippen molar-refractivity contribution in [1.29, 1.82) is 0 Å². The average molecular weight is 248 g/mol. The molecular formula is C8H13N2O5P. The van der Waals surface area contributed by atoms with Crippen molar-refractivity contribution in [2.75, 3.05) is 7.05 Å². The summed E-state index contributed by atoms with van der Waals surface area (Å²) >= 11 is 0. The van der Waals surface area contributed by atoms with Crippen LogP contribution >= 0.6 is 7.82 Å². The number of phenols is 1. The van der Waals surface area contributed by atoms with Crippen LogP contribution < -0.4 is 5.43 Å². The number of hydrazine groups is 1. The zero-order valence-electron chi connectivity index (χ0n) is 8.57. The highest BCUT2D eigenvalue weighted by Gasteiger charge is 2.19. The minimum absolute atomic E-state index is 0.0738. The topological polar surface area (TPSA) is 102 Å². The highest BCUT2D eigenvalue weighted by Crippen LogP contribution is 2.36. The van der Waals surface area contributed by atoms with Crippen LogP contribution in [-0.2, 0) is 15.7 Å². The Hall–Kier alpha value is -0.950. The van der Waals surface area contributed by atoms with E-state index in [0.717, 1.165) is 5.17 Å². The lowest BCUT2D eigenvalue weighted by Crippen LogP contribution is -2.33. The molecule has 0 atom stereocenters. The van der Waals surface area contributed by atoms with Crippen molar-refractivity contribution in [2.45, 2.75) is 6.54 Å². The number of benzene rings is 1. The van der Waals surface area contributed by atoms with Gasteiger partial charge in [-0.1, -0.05) is 12.1 Å². The Balaban J connectivity index is 2.67. The van der Waals surface area contributed by atoms with Crippen molar-refractivity contribution in [3.8, 4) is 5.75 Å². The van der Waals surface area contributed by atoms with Gasteiger partial charge in [0, 0.05) is 7.05 Å². The third kappa shape index (κ3) is 4.71. The van der Waals surface area contributed by atoms with Crippen LogP contribution in [0, 0.1) is 0 Å². The van der Waals surface area contributed by atoms with Gasteiger partial charge in [0.1, 0.15) is 5.75 Å². The van der Waals surface area contributed by atoms with Crippen molar-refractivity contribution in [1.82, 2.24) is 10.6 Å². The van der Waals surface area contributed by atoms with Crippen molar-refractivity contribution < 1.29 is 24.1 Å². The zero-order valence-corrected chi connectivity index (χ0v) is 9.46. The van der Waals surface area contributed by atoms with Gasteiger partial charge < -0.3 is 14.9 Å². The summed E-state index contributed by atoms with van der Waals surface area (Å²) in [7, 11) is -3.13. The third-order valence-corrected chi connectivity index (χ3v) is 2.10. The summed E-state index contributed by atoms with van der Waals surface area (Å²) in [5, 5.41) is 10.1. The van der Waals surface area contributed by atoms with Crippen LogP contribution in [0.15, 0.2) is 24.3 Å². The van der Waals surface area contributed by atoms with Crippen LogP contribution in [0.4, 0.5) is 0 Å². The fourth-order valence-electron chi connectivity index (χ4n) is 1.10. The Labute approximate surface area is 92.4 Å². The highest BCUT2D eigenvalue weighted by molar-refractivity contribution is 7.46. The molecule has 0 saturated heterocycles. The molecule has 8 heteroatoms. The van der Waals surface area contributed by atoms with Gasteiger partial charge in [0.2, 0.25) is 0 Å². The maximum Gasteiger partial charge on any atom is 0.487 e. The standard InChI is InChI=1S/C8H13N2O5P/c1-9-10(15-16(12,13)14)6-7-3-2-4-8(11)5-7/h2-5,9,11H,6H2,1H3,(H2,12,13,14). The Bertz CT molecular complexity index is 394. The summed E-state index contributed by atoms with van der Waals surface area (Å²) in [4.78, 5) is 17.2. The van der Waals surface area contributed by atoms with Gasteiger partial charge in [0.25, 0.3) is 0 Å². The molecule has 0 aromatic heterocycles. The predicted molar refractivity (Wildman–Crippen MR) is 55.8 cm³/mol. The number of phosphoric acid groups is 1. The van der Waals surface area contributed by atoms with E-state index in [-0.39, 0.29) is 12.3 Å². The molecule has 4 N–H and O–H groups in total. The lowest BCUT2D eigenvalue weighted by molar-refractivity contribution is -0.125. The molecule has 0 aliphatic rings. The van der Waals surface area contributed by atoms with E-state index in [1.807, 2.05) is 0 Å². The SMILES string of the molecule is CNN(Cc1cccc(O)c1)OP(=O)(O)O. The molecule has 0 spiro atoms. The first kappa shape index (κ1) is 13.1. The molecule has 90 valence electrons. The minimum atomic E-state index is -4.59. The molecule has 0 aliphatic heterocycles. The smallest absolute Gasteiger partial charge is 0.487 e. The van der Waals surface area contributed by atoms with Gasteiger partial charge in [-0.05, 0) is 17.7 Å². The highest BCUT2D eigenvalue weighted by atomic mass is 31.2. The van der Waals surface area contributed by atoms with Gasteiger partial charge in [-0.25, -0.2) is 9.99 Å². The maximum absolute atomic E-state index is 10.6. The number of phenolic OH excluding ortho intramolecular Hbond substituents is 1. The molecule has 0 saturated carbocycles. The summed E-state index contributed by atoms with van der Waals surface area (Å²) in [5.41, 5.74) is 3.11. The summed E-state index contributed by atoms with van der Waals surface area (Å²) < 4.78 is 14.9. The molecule has 0 unspecified atom stereocenters. The van der Waals surface area contributed by atoms with Crippen LogP contribution in [0.3, 0.4) is 0 Å². The van der Waals surface area contributed by atoms with E-state index < -0.39 is 7.82 Å². The van der Waals surface area contributed by atoms with Crippen molar-refractivity contribution in [2.24, 2.45) is 0 Å². The molecule has 7 nitrogen and oxygen atoms in total. The Morgan fingerprint density at radius 3 is 2.69 bits per heavy atom. The molecule has 0 aliphatic carbocycles. The number of nitrogens with zero attached hydrogens (tertiary/aromatic N) is 1. The molecule has 0 radical (unpaired) electrons. The fraction of sp³-hybridized carbons (Fsp3) is 0.250. The molecule has 16 heavy (non-hydrogen) atoms. The number of hydrogen-bond donors (Lipinski definition) is 4. The lowest BCUT2D eigenvalue weighted by atomic mass is 10.2. The van der Waals surface area contributed by atoms with Gasteiger partial charge in [-0.2, -0.15) is 4.62 Å². The van der Waals surface area contributed by atoms with E-state index in [9.17, 15) is 9.67 Å². The van der Waals surface area contributed by atoms with Crippen LogP contribution in [0.1, 0.15) is 5.56 Å². The number of hydroxylamine groups is 1. The first-order chi connectivity index (χ1) is 7.40. The molecule has 0 fully saturated rings. The number of hydrogen-bond acceptors (Lipinski definition) is 5. The predicted octanol–water partition coefficient (Wildman–Crippen LogP) is 0.353. The van der Waals surface area contributed by atoms with E-state index in [1.54, 1.807) is 12.1 Å². The van der Waals surface area contributed by atoms with Crippen molar-refractivity contribution in [3.05, 3.63) is 29.8 Å². The third-order valence-electron chi connectivity index (χ3n) is 1.69. The van der Waals surface area contributed by atoms with Gasteiger partial charge in [-0.15, -0.1) is 5.17 Å². The van der Waals surface area contributed by atoms with Gasteiger partial charge in [0.05, 0.1) is 6.54 Å². The van der Waals surface area contributed by atoms with Crippen molar-refractivity contribution in [3.63, 3.8) is 0 Å². The molecule has 1 aromatic carbocycles. The Morgan fingerprint density at radius 1 is 1.50 bits per heavy atom. The molecule has 1 aromatic rings. The Morgan fingerprint density at radius 2 is 2.19 bits per heavy atom. The van der Waals surface area contributed by atoms with Crippen LogP contribution in [0.2, 0.25) is 0 Å². The van der Waals surface area contributed by atoms with Crippen molar-refractivity contribution >= 4 is 7.82 Å². The molecule has 1 rings (SSSR count). The number of rotatable bonds is 5. The summed E-state index contributed by atoms with van der Waals surface area (Å²) in [6.07, 6.45) is 0. The van der Waals surface area contributed by atoms with E-state index in [0.29, 0.717) is 5.56 Å². The minimum Gasteiger partial charge on any atom is -0.508 e. The molecule has 0 bridgehead atoms. The van der Waals surface area contributed by atoms with Crippen LogP contribution in [-0.4, -0.2) is 27.1 Å². The number of aromatic hydroxyl groups is 1. The van der Waals surface area contributed by atoms with E-state index >= 15 is 0 Å². The van der Waals surface area contributed by atoms with Crippen LogP contribution in [0.5, 0.6) is 5.75 Å². The number of nitrogens with one attached hydrogen (secondary N) is 1. The monoisotopic (exact) mass is 248 g/mol. The van der Waals surface area contributed by atoms with Gasteiger partial charge in [-0.3, -0.25) is 0 Å². The van der Waals surface area contributed by atoms with Gasteiger partial charge >= 0.3 is 7.82 Å². The quantitative estimate of drug-likeness (QED) is 0.440. The summed E-state index contributed by atoms with van der Waals surface area (Å²) in [6.45, 7) is 0.0794. The largest absolute Gasteiger partial charge is 0.508 e. The molecular weight excluding hydrogens is 235 g/mol. The zero-order chi connectivity index (χ0) is 12.2. The second-order valence-electron chi connectivity index (χ2n) is 3.00. The first-order valence-electron chi connectivity index (χ1n) is 4.39. The van der Waals surface area contributed by atoms with Gasteiger partial charge in [0.15, 0.2) is 0 Å². The van der Waals surface area contributed by atoms with E-state index in [2.05, 4.69) is 10.1 Å².